The Labute approximate surface area is 149 Å². The smallest absolute Gasteiger partial charge is 0.324 e. The third-order valence-corrected chi connectivity index (χ3v) is 4.62. The zero-order chi connectivity index (χ0) is 19.5. The first-order valence-electron chi connectivity index (χ1n) is 7.49. The van der Waals surface area contributed by atoms with E-state index in [1.807, 2.05) is 0 Å². The minimum atomic E-state index is -4.64. The minimum absolute atomic E-state index is 0.256. The van der Waals surface area contributed by atoms with Gasteiger partial charge in [-0.2, -0.15) is 13.2 Å². The number of aryl methyl sites for hydroxylation is 1. The van der Waals surface area contributed by atoms with Crippen LogP contribution in [0.2, 0.25) is 0 Å². The number of halogens is 3. The molecule has 0 spiro atoms. The Balaban J connectivity index is 2.27. The quantitative estimate of drug-likeness (QED) is 0.856. The molecule has 0 aliphatic rings. The van der Waals surface area contributed by atoms with E-state index in [2.05, 4.69) is 5.32 Å². The molecule has 0 unspecified atom stereocenters. The van der Waals surface area contributed by atoms with Crippen molar-refractivity contribution in [2.24, 2.45) is 0 Å². The Morgan fingerprint density at radius 2 is 1.77 bits per heavy atom. The molecule has 9 heteroatoms. The third-order valence-electron chi connectivity index (χ3n) is 3.48. The van der Waals surface area contributed by atoms with E-state index in [1.54, 1.807) is 25.1 Å². The van der Waals surface area contributed by atoms with Gasteiger partial charge in [-0.1, -0.05) is 24.3 Å². The lowest BCUT2D eigenvalue weighted by Crippen LogP contribution is -2.37. The Bertz CT molecular complexity index is 911. The van der Waals surface area contributed by atoms with Crippen molar-refractivity contribution in [1.82, 2.24) is 0 Å². The second-order valence-corrected chi connectivity index (χ2v) is 7.61. The number of para-hydroxylation sites is 1. The summed E-state index contributed by atoms with van der Waals surface area (Å²) in [5.41, 5.74) is -0.400. The average Bonchev–Trinajstić information content (AvgIpc) is 2.51. The van der Waals surface area contributed by atoms with Crippen LogP contribution in [0.4, 0.5) is 24.5 Å². The number of anilines is 2. The Hall–Kier alpha value is -2.55. The van der Waals surface area contributed by atoms with Crippen LogP contribution in [0, 0.1) is 6.92 Å². The molecule has 0 aliphatic heterocycles. The zero-order valence-electron chi connectivity index (χ0n) is 14.0. The van der Waals surface area contributed by atoms with E-state index in [0.29, 0.717) is 0 Å². The summed E-state index contributed by atoms with van der Waals surface area (Å²) in [6, 6.07) is 10.9. The van der Waals surface area contributed by atoms with Crippen LogP contribution >= 0.6 is 0 Å². The number of amides is 1. The maximum absolute atomic E-state index is 13.0. The molecule has 2 aromatic carbocycles. The molecule has 2 aromatic rings. The van der Waals surface area contributed by atoms with Gasteiger partial charge in [-0.15, -0.1) is 0 Å². The van der Waals surface area contributed by atoms with Gasteiger partial charge < -0.3 is 5.32 Å². The van der Waals surface area contributed by atoms with Crippen LogP contribution in [-0.2, 0) is 21.0 Å². The normalized spacial score (nSPS) is 11.9. The molecule has 1 amide bonds. The second kappa shape index (κ2) is 7.36. The van der Waals surface area contributed by atoms with Crippen LogP contribution in [0.25, 0.3) is 0 Å². The van der Waals surface area contributed by atoms with E-state index in [4.69, 9.17) is 0 Å². The first kappa shape index (κ1) is 19.8. The summed E-state index contributed by atoms with van der Waals surface area (Å²) in [5, 5.41) is 2.14. The number of alkyl halides is 3. The van der Waals surface area contributed by atoms with Crippen LogP contribution in [0.15, 0.2) is 48.5 Å². The number of rotatable bonds is 5. The molecule has 0 fully saturated rings. The highest BCUT2D eigenvalue weighted by atomic mass is 32.2. The second-order valence-electron chi connectivity index (χ2n) is 5.70. The van der Waals surface area contributed by atoms with E-state index >= 15 is 0 Å². The van der Waals surface area contributed by atoms with Gasteiger partial charge in [0, 0.05) is 0 Å². The molecule has 0 heterocycles. The van der Waals surface area contributed by atoms with E-state index in [0.717, 1.165) is 28.3 Å². The van der Waals surface area contributed by atoms with Crippen molar-refractivity contribution in [3.05, 3.63) is 59.7 Å². The lowest BCUT2D eigenvalue weighted by molar-refractivity contribution is -0.137. The first-order chi connectivity index (χ1) is 12.0. The average molecular weight is 386 g/mol. The summed E-state index contributed by atoms with van der Waals surface area (Å²) < 4.78 is 63.9. The number of hydrogen-bond acceptors (Lipinski definition) is 3. The van der Waals surface area contributed by atoms with Crippen molar-refractivity contribution in [1.29, 1.82) is 0 Å². The van der Waals surface area contributed by atoms with Crippen molar-refractivity contribution in [2.75, 3.05) is 22.4 Å². The predicted octanol–water partition coefficient (Wildman–Crippen LogP) is 3.42. The van der Waals surface area contributed by atoms with E-state index in [-0.39, 0.29) is 5.69 Å². The van der Waals surface area contributed by atoms with Crippen LogP contribution in [0.5, 0.6) is 0 Å². The van der Waals surface area contributed by atoms with Crippen molar-refractivity contribution in [2.45, 2.75) is 13.1 Å². The van der Waals surface area contributed by atoms with Gasteiger partial charge in [0.2, 0.25) is 15.9 Å². The minimum Gasteiger partial charge on any atom is -0.324 e. The van der Waals surface area contributed by atoms with Gasteiger partial charge in [0.1, 0.15) is 6.54 Å². The highest BCUT2D eigenvalue weighted by molar-refractivity contribution is 7.92. The topological polar surface area (TPSA) is 66.5 Å². The van der Waals surface area contributed by atoms with Gasteiger partial charge in [0.05, 0.1) is 23.2 Å². The molecule has 0 saturated heterocycles. The Morgan fingerprint density at radius 3 is 2.35 bits per heavy atom. The summed E-state index contributed by atoms with van der Waals surface area (Å²) >= 11 is 0. The van der Waals surface area contributed by atoms with Crippen LogP contribution in [0.1, 0.15) is 11.1 Å². The molecular weight excluding hydrogens is 369 g/mol. The molecule has 0 aromatic heterocycles. The van der Waals surface area contributed by atoms with E-state index in [1.165, 1.54) is 18.2 Å². The monoisotopic (exact) mass is 386 g/mol. The summed E-state index contributed by atoms with van der Waals surface area (Å²) in [6.45, 7) is 1.11. The summed E-state index contributed by atoms with van der Waals surface area (Å²) in [7, 11) is -3.81. The largest absolute Gasteiger partial charge is 0.418 e. The van der Waals surface area contributed by atoms with Crippen molar-refractivity contribution >= 4 is 27.3 Å². The van der Waals surface area contributed by atoms with Gasteiger partial charge in [-0.3, -0.25) is 9.10 Å². The standard InChI is InChI=1S/C17H17F3N2O3S/c1-12-6-5-7-13(10-12)22(26(2,24)25)11-16(23)21-15-9-4-3-8-14(15)17(18,19)20/h3-10H,11H2,1-2H3,(H,21,23). The molecule has 2 rings (SSSR count). The number of carbonyl (C=O) groups is 1. The van der Waals surface area contributed by atoms with Crippen molar-refractivity contribution in [3.8, 4) is 0 Å². The molecule has 0 atom stereocenters. The fourth-order valence-corrected chi connectivity index (χ4v) is 3.19. The Morgan fingerprint density at radius 1 is 1.12 bits per heavy atom. The molecule has 26 heavy (non-hydrogen) atoms. The molecule has 0 aliphatic carbocycles. The lowest BCUT2D eigenvalue weighted by atomic mass is 10.1. The van der Waals surface area contributed by atoms with Gasteiger partial charge in [-0.25, -0.2) is 8.42 Å². The lowest BCUT2D eigenvalue weighted by Gasteiger charge is -2.22. The predicted molar refractivity (Wildman–Crippen MR) is 93.4 cm³/mol. The number of carbonyl (C=O) groups excluding carboxylic acids is 1. The number of hydrogen-bond donors (Lipinski definition) is 1. The van der Waals surface area contributed by atoms with Gasteiger partial charge >= 0.3 is 6.18 Å². The molecule has 5 nitrogen and oxygen atoms in total. The summed E-state index contributed by atoms with van der Waals surface area (Å²) in [6.07, 6.45) is -3.72. The zero-order valence-corrected chi connectivity index (χ0v) is 14.9. The van der Waals surface area contributed by atoms with E-state index in [9.17, 15) is 26.4 Å². The van der Waals surface area contributed by atoms with Crippen LogP contribution < -0.4 is 9.62 Å². The van der Waals surface area contributed by atoms with Gasteiger partial charge in [0.15, 0.2) is 0 Å². The maximum atomic E-state index is 13.0. The summed E-state index contributed by atoms with van der Waals surface area (Å²) in [4.78, 5) is 12.2. The molecule has 140 valence electrons. The molecule has 0 bridgehead atoms. The van der Waals surface area contributed by atoms with Gasteiger partial charge in [-0.05, 0) is 36.8 Å². The van der Waals surface area contributed by atoms with Gasteiger partial charge in [0.25, 0.3) is 0 Å². The number of sulfonamides is 1. The molecule has 1 N–H and O–H groups in total. The third kappa shape index (κ3) is 4.98. The van der Waals surface area contributed by atoms with Crippen molar-refractivity contribution in [3.63, 3.8) is 0 Å². The van der Waals surface area contributed by atoms with Crippen molar-refractivity contribution < 1.29 is 26.4 Å². The highest BCUT2D eigenvalue weighted by Crippen LogP contribution is 2.34. The summed E-state index contributed by atoms with van der Waals surface area (Å²) in [5.74, 6) is -0.881. The van der Waals surface area contributed by atoms with E-state index < -0.39 is 39.9 Å². The molecular formula is C17H17F3N2O3S. The van der Waals surface area contributed by atoms with Crippen LogP contribution in [-0.4, -0.2) is 27.1 Å². The number of benzene rings is 2. The number of nitrogens with one attached hydrogen (secondary N) is 1. The molecule has 0 saturated carbocycles. The van der Waals surface area contributed by atoms with Crippen LogP contribution in [0.3, 0.4) is 0 Å². The molecule has 0 radical (unpaired) electrons. The first-order valence-corrected chi connectivity index (χ1v) is 9.34. The fraction of sp³-hybridized carbons (Fsp3) is 0.235. The Kier molecular flexibility index (Phi) is 5.60. The SMILES string of the molecule is Cc1cccc(N(CC(=O)Nc2ccccc2C(F)(F)F)S(C)(=O)=O)c1. The highest BCUT2D eigenvalue weighted by Gasteiger charge is 2.33. The number of nitrogens with zero attached hydrogens (tertiary/aromatic N) is 1. The fourth-order valence-electron chi connectivity index (χ4n) is 2.34. The maximum Gasteiger partial charge on any atom is 0.418 e.